The third kappa shape index (κ3) is 4.65. The Morgan fingerprint density at radius 2 is 1.76 bits per heavy atom. The lowest BCUT2D eigenvalue weighted by Gasteiger charge is -2.26. The van der Waals surface area contributed by atoms with Gasteiger partial charge in [-0.2, -0.15) is 0 Å². The number of methoxy groups -OCH3 is 2. The predicted octanol–water partition coefficient (Wildman–Crippen LogP) is 5.97. The van der Waals surface area contributed by atoms with E-state index in [1.165, 1.54) is 20.3 Å². The minimum Gasteiger partial charge on any atom is -0.507 e. The number of Topliss-reactive ketones (excluding diaryl/α,β-unsaturated/α-hetero) is 1. The van der Waals surface area contributed by atoms with Crippen LogP contribution in [0.5, 0.6) is 17.2 Å². The maximum Gasteiger partial charge on any atom is 0.300 e. The first kappa shape index (κ1) is 26.9. The molecule has 0 aliphatic carbocycles. The molecule has 4 rings (SSSR count). The molecule has 1 amide bonds. The summed E-state index contributed by atoms with van der Waals surface area (Å²) in [4.78, 5) is 27.7. The van der Waals surface area contributed by atoms with Crippen molar-refractivity contribution in [2.75, 3.05) is 25.7 Å². The van der Waals surface area contributed by atoms with Gasteiger partial charge in [0.15, 0.2) is 11.5 Å². The second-order valence-corrected chi connectivity index (χ2v) is 8.84. The Kier molecular flexibility index (Phi) is 7.59. The fourth-order valence-electron chi connectivity index (χ4n) is 4.46. The third-order valence-electron chi connectivity index (χ3n) is 6.06. The van der Waals surface area contributed by atoms with Crippen molar-refractivity contribution >= 4 is 34.7 Å². The van der Waals surface area contributed by atoms with Crippen molar-refractivity contribution in [2.45, 2.75) is 19.9 Å². The van der Waals surface area contributed by atoms with Gasteiger partial charge in [0, 0.05) is 6.07 Å². The first-order chi connectivity index (χ1) is 18.1. The highest BCUT2D eigenvalue weighted by atomic mass is 35.5. The highest BCUT2D eigenvalue weighted by Crippen LogP contribution is 2.46. The van der Waals surface area contributed by atoms with Crippen molar-refractivity contribution in [2.24, 2.45) is 0 Å². The van der Waals surface area contributed by atoms with Crippen molar-refractivity contribution in [3.05, 3.63) is 87.5 Å². The highest BCUT2D eigenvalue weighted by Gasteiger charge is 2.48. The Balaban J connectivity index is 2.05. The number of aliphatic hydroxyl groups is 1. The first-order valence-corrected chi connectivity index (χ1v) is 11.9. The zero-order chi connectivity index (χ0) is 27.7. The number of ketones is 1. The Bertz CT molecular complexity index is 1470. The quantitative estimate of drug-likeness (QED) is 0.224. The van der Waals surface area contributed by atoms with E-state index < -0.39 is 35.1 Å². The van der Waals surface area contributed by atoms with Gasteiger partial charge >= 0.3 is 0 Å². The van der Waals surface area contributed by atoms with E-state index in [2.05, 4.69) is 0 Å². The number of benzene rings is 3. The number of hydrogen-bond donors (Lipinski definition) is 1. The van der Waals surface area contributed by atoms with Crippen molar-refractivity contribution in [3.8, 4) is 17.2 Å². The van der Waals surface area contributed by atoms with Crippen LogP contribution in [-0.2, 0) is 9.59 Å². The highest BCUT2D eigenvalue weighted by molar-refractivity contribution is 6.51. The van der Waals surface area contributed by atoms with Crippen LogP contribution in [0.2, 0.25) is 5.02 Å². The Morgan fingerprint density at radius 1 is 1.03 bits per heavy atom. The van der Waals surface area contributed by atoms with Crippen LogP contribution in [0.15, 0.2) is 54.1 Å². The Hall–Kier alpha value is -4.11. The molecule has 0 bridgehead atoms. The van der Waals surface area contributed by atoms with E-state index in [-0.39, 0.29) is 34.2 Å². The number of anilines is 1. The van der Waals surface area contributed by atoms with Gasteiger partial charge in [0.05, 0.1) is 48.7 Å². The topological polar surface area (TPSA) is 85.3 Å². The minimum atomic E-state index is -1.32. The lowest BCUT2D eigenvalue weighted by molar-refractivity contribution is -0.132. The van der Waals surface area contributed by atoms with Crippen LogP contribution < -0.4 is 19.1 Å². The lowest BCUT2D eigenvalue weighted by atomic mass is 9.94. The standard InChI is InChI=1S/C28H24ClF2NO6/c1-5-38-22-12-15(6-9-21(22)36-3)24-23(25(33)17-10-14(2)11-18(29)27(17)37-4)26(34)28(35)32(24)20-8-7-16(30)13-19(20)31/h6-13,24,33H,5H2,1-4H3/b25-23+. The number of rotatable bonds is 7. The molecule has 1 heterocycles. The summed E-state index contributed by atoms with van der Waals surface area (Å²) in [6.07, 6.45) is 0. The average Bonchev–Trinajstić information content (AvgIpc) is 3.13. The summed E-state index contributed by atoms with van der Waals surface area (Å²) in [5, 5.41) is 11.7. The molecule has 38 heavy (non-hydrogen) atoms. The van der Waals surface area contributed by atoms with Gasteiger partial charge in [-0.15, -0.1) is 0 Å². The van der Waals surface area contributed by atoms with Crippen LogP contribution in [0.25, 0.3) is 5.76 Å². The number of amides is 1. The van der Waals surface area contributed by atoms with Gasteiger partial charge in [0.2, 0.25) is 0 Å². The third-order valence-corrected chi connectivity index (χ3v) is 6.34. The van der Waals surface area contributed by atoms with Crippen molar-refractivity contribution in [3.63, 3.8) is 0 Å². The van der Waals surface area contributed by atoms with Crippen LogP contribution in [0.4, 0.5) is 14.5 Å². The number of hydrogen-bond acceptors (Lipinski definition) is 6. The summed E-state index contributed by atoms with van der Waals surface area (Å²) in [5.74, 6) is -3.93. The first-order valence-electron chi connectivity index (χ1n) is 11.5. The summed E-state index contributed by atoms with van der Waals surface area (Å²) in [6, 6.07) is 9.12. The van der Waals surface area contributed by atoms with Crippen LogP contribution in [0.1, 0.15) is 29.7 Å². The number of aliphatic hydroxyl groups excluding tert-OH is 1. The maximum absolute atomic E-state index is 15.0. The molecular weight excluding hydrogens is 520 g/mol. The van der Waals surface area contributed by atoms with Crippen molar-refractivity contribution in [1.82, 2.24) is 0 Å². The van der Waals surface area contributed by atoms with Crippen molar-refractivity contribution in [1.29, 1.82) is 0 Å². The lowest BCUT2D eigenvalue weighted by Crippen LogP contribution is -2.30. The molecule has 3 aromatic rings. The molecule has 1 saturated heterocycles. The average molecular weight is 544 g/mol. The summed E-state index contributed by atoms with van der Waals surface area (Å²) in [7, 11) is 2.79. The normalized spacial score (nSPS) is 16.6. The molecule has 0 radical (unpaired) electrons. The van der Waals surface area contributed by atoms with Crippen LogP contribution >= 0.6 is 11.6 Å². The van der Waals surface area contributed by atoms with Gasteiger partial charge < -0.3 is 19.3 Å². The van der Waals surface area contributed by atoms with E-state index in [0.717, 1.165) is 17.0 Å². The predicted molar refractivity (Wildman–Crippen MR) is 138 cm³/mol. The molecule has 1 fully saturated rings. The van der Waals surface area contributed by atoms with Gasteiger partial charge in [-0.3, -0.25) is 14.5 Å². The number of carbonyl (C=O) groups excluding carboxylic acids is 2. The number of nitrogens with zero attached hydrogens (tertiary/aromatic N) is 1. The molecule has 1 atom stereocenters. The number of halogens is 3. The molecular formula is C28H24ClF2NO6. The number of carbonyl (C=O) groups is 2. The van der Waals surface area contributed by atoms with Crippen molar-refractivity contribution < 1.29 is 37.7 Å². The molecule has 7 nitrogen and oxygen atoms in total. The van der Waals surface area contributed by atoms with E-state index >= 15 is 0 Å². The van der Waals surface area contributed by atoms with E-state index in [0.29, 0.717) is 28.7 Å². The SMILES string of the molecule is CCOc1cc(C2/C(=C(\O)c3cc(C)cc(Cl)c3OC)C(=O)C(=O)N2c2ccc(F)cc2F)ccc1OC. The number of aryl methyl sites for hydroxylation is 1. The summed E-state index contributed by atoms with van der Waals surface area (Å²) in [5.41, 5.74) is 0.331. The molecule has 0 aromatic heterocycles. The van der Waals surface area contributed by atoms with Gasteiger partial charge in [0.25, 0.3) is 11.7 Å². The Morgan fingerprint density at radius 3 is 2.39 bits per heavy atom. The molecule has 10 heteroatoms. The number of ether oxygens (including phenoxy) is 3. The molecule has 3 aromatic carbocycles. The summed E-state index contributed by atoms with van der Waals surface area (Å²) in [6.45, 7) is 3.77. The van der Waals surface area contributed by atoms with E-state index in [9.17, 15) is 23.5 Å². The molecule has 1 N–H and O–H groups in total. The zero-order valence-electron chi connectivity index (χ0n) is 21.0. The summed E-state index contributed by atoms with van der Waals surface area (Å²) < 4.78 is 45.1. The van der Waals surface area contributed by atoms with Crippen LogP contribution in [-0.4, -0.2) is 37.6 Å². The van der Waals surface area contributed by atoms with Gasteiger partial charge in [-0.25, -0.2) is 8.78 Å². The largest absolute Gasteiger partial charge is 0.507 e. The van der Waals surface area contributed by atoms with E-state index in [1.807, 2.05) is 0 Å². The van der Waals surface area contributed by atoms with Gasteiger partial charge in [-0.1, -0.05) is 17.7 Å². The van der Waals surface area contributed by atoms with E-state index in [1.54, 1.807) is 38.1 Å². The molecule has 1 aliphatic rings. The van der Waals surface area contributed by atoms with Gasteiger partial charge in [0.1, 0.15) is 23.1 Å². The van der Waals surface area contributed by atoms with Gasteiger partial charge in [-0.05, 0) is 61.4 Å². The molecule has 0 saturated carbocycles. The second-order valence-electron chi connectivity index (χ2n) is 8.44. The van der Waals surface area contributed by atoms with Crippen LogP contribution in [0.3, 0.4) is 0 Å². The zero-order valence-corrected chi connectivity index (χ0v) is 21.7. The fraction of sp³-hybridized carbons (Fsp3) is 0.214. The second kappa shape index (κ2) is 10.7. The van der Waals surface area contributed by atoms with E-state index in [4.69, 9.17) is 25.8 Å². The fourth-order valence-corrected chi connectivity index (χ4v) is 4.81. The molecule has 0 spiro atoms. The molecule has 198 valence electrons. The summed E-state index contributed by atoms with van der Waals surface area (Å²) >= 11 is 6.32. The Labute approximate surface area is 222 Å². The molecule has 1 unspecified atom stereocenters. The molecule has 1 aliphatic heterocycles. The van der Waals surface area contributed by atoms with Crippen LogP contribution in [0, 0.1) is 18.6 Å². The smallest absolute Gasteiger partial charge is 0.300 e. The monoisotopic (exact) mass is 543 g/mol. The maximum atomic E-state index is 15.0. The minimum absolute atomic E-state index is 0.0682.